The Kier molecular flexibility index (Phi) is 4.80. The van der Waals surface area contributed by atoms with Crippen LogP contribution in [-0.4, -0.2) is 15.5 Å². The molecule has 1 aromatic heterocycles. The van der Waals surface area contributed by atoms with Crippen LogP contribution in [0.5, 0.6) is 0 Å². The fraction of sp³-hybridized carbons (Fsp3) is 0.238. The van der Waals surface area contributed by atoms with Gasteiger partial charge in [-0.3, -0.25) is 4.79 Å². The molecule has 1 unspecified atom stereocenters. The third kappa shape index (κ3) is 3.53. The second kappa shape index (κ2) is 7.38. The summed E-state index contributed by atoms with van der Waals surface area (Å²) < 4.78 is 1.97. The van der Waals surface area contributed by atoms with Crippen LogP contribution >= 0.6 is 11.8 Å². The van der Waals surface area contributed by atoms with Crippen LogP contribution in [0.15, 0.2) is 71.0 Å². The summed E-state index contributed by atoms with van der Waals surface area (Å²) in [6.45, 7) is 0. The van der Waals surface area contributed by atoms with Crippen LogP contribution in [0.1, 0.15) is 29.9 Å². The minimum Gasteiger partial charge on any atom is -0.329 e. The topological polar surface area (TPSA) is 46.9 Å². The molecule has 1 amide bonds. The Labute approximate surface area is 157 Å². The molecular formula is C21H21N3OS. The quantitative estimate of drug-likeness (QED) is 0.719. The lowest BCUT2D eigenvalue weighted by Gasteiger charge is -2.14. The lowest BCUT2D eigenvalue weighted by atomic mass is 9.97. The van der Waals surface area contributed by atoms with Gasteiger partial charge in [0.1, 0.15) is 0 Å². The fourth-order valence-electron chi connectivity index (χ4n) is 3.49. The Morgan fingerprint density at radius 3 is 2.88 bits per heavy atom. The molecule has 0 aliphatic heterocycles. The summed E-state index contributed by atoms with van der Waals surface area (Å²) in [7, 11) is 1.97. The van der Waals surface area contributed by atoms with E-state index in [0.717, 1.165) is 28.6 Å². The molecule has 1 N–H and O–H groups in total. The maximum Gasteiger partial charge on any atom is 0.225 e. The molecule has 0 spiro atoms. The van der Waals surface area contributed by atoms with Crippen LogP contribution in [0.2, 0.25) is 0 Å². The number of hydrogen-bond acceptors (Lipinski definition) is 3. The molecule has 0 bridgehead atoms. The third-order valence-electron chi connectivity index (χ3n) is 4.83. The van der Waals surface area contributed by atoms with Crippen molar-refractivity contribution in [1.29, 1.82) is 0 Å². The van der Waals surface area contributed by atoms with Crippen LogP contribution in [0.25, 0.3) is 0 Å². The number of aromatic nitrogens is 2. The van der Waals surface area contributed by atoms with E-state index in [9.17, 15) is 4.79 Å². The molecule has 1 aliphatic carbocycles. The molecule has 4 rings (SSSR count). The summed E-state index contributed by atoms with van der Waals surface area (Å²) in [5.74, 6) is 0.389. The Morgan fingerprint density at radius 1 is 1.23 bits per heavy atom. The standard InChI is InChI=1S/C21H21N3OS/c1-24-13-12-22-21(24)26-19-9-5-4-8-18(19)23-20(25)14-16-11-10-15-6-2-3-7-17(15)16/h2-9,12-13,16H,10-11,14H2,1H3,(H,23,25). The first-order chi connectivity index (χ1) is 12.7. The normalized spacial score (nSPS) is 15.7. The van der Waals surface area contributed by atoms with E-state index in [1.54, 1.807) is 18.0 Å². The van der Waals surface area contributed by atoms with E-state index >= 15 is 0 Å². The minimum atomic E-state index is 0.0691. The molecule has 1 atom stereocenters. The van der Waals surface area contributed by atoms with Crippen LogP contribution in [-0.2, 0) is 18.3 Å². The number of benzene rings is 2. The third-order valence-corrected chi connectivity index (χ3v) is 5.98. The van der Waals surface area contributed by atoms with Gasteiger partial charge in [-0.1, -0.05) is 36.4 Å². The molecule has 1 heterocycles. The van der Waals surface area contributed by atoms with Crippen LogP contribution in [0.4, 0.5) is 5.69 Å². The summed E-state index contributed by atoms with van der Waals surface area (Å²) in [4.78, 5) is 18.0. The van der Waals surface area contributed by atoms with E-state index in [0.29, 0.717) is 12.3 Å². The first kappa shape index (κ1) is 16.9. The minimum absolute atomic E-state index is 0.0691. The highest BCUT2D eigenvalue weighted by Gasteiger charge is 2.24. The van der Waals surface area contributed by atoms with E-state index in [4.69, 9.17) is 0 Å². The molecule has 26 heavy (non-hydrogen) atoms. The summed E-state index contributed by atoms with van der Waals surface area (Å²) in [6, 6.07) is 16.4. The van der Waals surface area contributed by atoms with Crippen molar-refractivity contribution >= 4 is 23.4 Å². The first-order valence-electron chi connectivity index (χ1n) is 8.82. The number of carbonyl (C=O) groups is 1. The number of fused-ring (bicyclic) bond motifs is 1. The van der Waals surface area contributed by atoms with E-state index < -0.39 is 0 Å². The van der Waals surface area contributed by atoms with Crippen molar-refractivity contribution in [3.63, 3.8) is 0 Å². The highest BCUT2D eigenvalue weighted by Crippen LogP contribution is 2.36. The second-order valence-electron chi connectivity index (χ2n) is 6.61. The number of amides is 1. The number of aryl methyl sites for hydroxylation is 2. The zero-order chi connectivity index (χ0) is 17.9. The number of imidazole rings is 1. The first-order valence-corrected chi connectivity index (χ1v) is 9.64. The molecule has 0 radical (unpaired) electrons. The fourth-order valence-corrected chi connectivity index (χ4v) is 4.38. The Morgan fingerprint density at radius 2 is 2.04 bits per heavy atom. The van der Waals surface area contributed by atoms with E-state index in [2.05, 4.69) is 34.6 Å². The molecule has 132 valence electrons. The van der Waals surface area contributed by atoms with Crippen molar-refractivity contribution in [3.05, 3.63) is 72.1 Å². The molecule has 0 saturated carbocycles. The van der Waals surface area contributed by atoms with Crippen LogP contribution in [0.3, 0.4) is 0 Å². The summed E-state index contributed by atoms with van der Waals surface area (Å²) in [5.41, 5.74) is 3.56. The van der Waals surface area contributed by atoms with E-state index in [-0.39, 0.29) is 5.91 Å². The Hall–Kier alpha value is -2.53. The van der Waals surface area contributed by atoms with Crippen molar-refractivity contribution in [2.24, 2.45) is 7.05 Å². The number of hydrogen-bond donors (Lipinski definition) is 1. The van der Waals surface area contributed by atoms with Crippen molar-refractivity contribution in [2.45, 2.75) is 35.2 Å². The maximum absolute atomic E-state index is 12.7. The second-order valence-corrected chi connectivity index (χ2v) is 7.61. The zero-order valence-electron chi connectivity index (χ0n) is 14.7. The van der Waals surface area contributed by atoms with Gasteiger partial charge in [0.2, 0.25) is 5.91 Å². The number of anilines is 1. The van der Waals surface area contributed by atoms with Gasteiger partial charge in [0.25, 0.3) is 0 Å². The monoisotopic (exact) mass is 363 g/mol. The SMILES string of the molecule is Cn1ccnc1Sc1ccccc1NC(=O)CC1CCc2ccccc21. The van der Waals surface area contributed by atoms with Gasteiger partial charge in [0.15, 0.2) is 5.16 Å². The summed E-state index contributed by atoms with van der Waals surface area (Å²) in [6.07, 6.45) is 6.34. The number of carbonyl (C=O) groups excluding carboxylic acids is 1. The molecule has 1 aliphatic rings. The molecule has 5 heteroatoms. The van der Waals surface area contributed by atoms with E-state index in [1.165, 1.54) is 11.1 Å². The number of rotatable bonds is 5. The van der Waals surface area contributed by atoms with Gasteiger partial charge in [-0.25, -0.2) is 4.98 Å². The lowest BCUT2D eigenvalue weighted by molar-refractivity contribution is -0.116. The molecule has 4 nitrogen and oxygen atoms in total. The van der Waals surface area contributed by atoms with Gasteiger partial charge >= 0.3 is 0 Å². The number of para-hydroxylation sites is 1. The lowest BCUT2D eigenvalue weighted by Crippen LogP contribution is -2.15. The average Bonchev–Trinajstić information content (AvgIpc) is 3.23. The molecule has 2 aromatic carbocycles. The predicted molar refractivity (Wildman–Crippen MR) is 105 cm³/mol. The van der Waals surface area contributed by atoms with Gasteiger partial charge in [-0.2, -0.15) is 0 Å². The van der Waals surface area contributed by atoms with Crippen LogP contribution in [0, 0.1) is 0 Å². The summed E-state index contributed by atoms with van der Waals surface area (Å²) >= 11 is 1.56. The highest BCUT2D eigenvalue weighted by atomic mass is 32.2. The van der Waals surface area contributed by atoms with Crippen molar-refractivity contribution in [3.8, 4) is 0 Å². The Bertz CT molecular complexity index is 934. The average molecular weight is 363 g/mol. The summed E-state index contributed by atoms with van der Waals surface area (Å²) in [5, 5.41) is 4.00. The van der Waals surface area contributed by atoms with Crippen molar-refractivity contribution < 1.29 is 4.79 Å². The van der Waals surface area contributed by atoms with Gasteiger partial charge < -0.3 is 9.88 Å². The van der Waals surface area contributed by atoms with Crippen molar-refractivity contribution in [2.75, 3.05) is 5.32 Å². The highest BCUT2D eigenvalue weighted by molar-refractivity contribution is 7.99. The van der Waals surface area contributed by atoms with Gasteiger partial charge in [0.05, 0.1) is 5.69 Å². The molecular weight excluding hydrogens is 342 g/mol. The number of nitrogens with zero attached hydrogens (tertiary/aromatic N) is 2. The number of nitrogens with one attached hydrogen (secondary N) is 1. The van der Waals surface area contributed by atoms with Gasteiger partial charge in [0, 0.05) is 30.8 Å². The zero-order valence-corrected chi connectivity index (χ0v) is 15.5. The van der Waals surface area contributed by atoms with Crippen LogP contribution < -0.4 is 5.32 Å². The van der Waals surface area contributed by atoms with E-state index in [1.807, 2.05) is 42.1 Å². The maximum atomic E-state index is 12.7. The van der Waals surface area contributed by atoms with Gasteiger partial charge in [-0.15, -0.1) is 0 Å². The predicted octanol–water partition coefficient (Wildman–Crippen LogP) is 4.63. The smallest absolute Gasteiger partial charge is 0.225 e. The largest absolute Gasteiger partial charge is 0.329 e. The molecule has 0 fully saturated rings. The molecule has 0 saturated heterocycles. The molecule has 3 aromatic rings. The van der Waals surface area contributed by atoms with Crippen molar-refractivity contribution in [1.82, 2.24) is 9.55 Å². The Balaban J connectivity index is 1.46. The van der Waals surface area contributed by atoms with Gasteiger partial charge in [-0.05, 0) is 53.8 Å².